The van der Waals surface area contributed by atoms with Crippen molar-refractivity contribution in [2.24, 2.45) is 12.5 Å². The van der Waals surface area contributed by atoms with Gasteiger partial charge in [0.25, 0.3) is 0 Å². The lowest BCUT2D eigenvalue weighted by Gasteiger charge is -2.40. The molecule has 1 aliphatic carbocycles. The van der Waals surface area contributed by atoms with Gasteiger partial charge in [0.15, 0.2) is 0 Å². The summed E-state index contributed by atoms with van der Waals surface area (Å²) < 4.78 is 1.97. The van der Waals surface area contributed by atoms with Gasteiger partial charge in [-0.25, -0.2) is 0 Å². The number of benzene rings is 1. The molecule has 106 valence electrons. The summed E-state index contributed by atoms with van der Waals surface area (Å²) in [7, 11) is 1.98. The summed E-state index contributed by atoms with van der Waals surface area (Å²) in [6, 6.07) is 9.14. The minimum atomic E-state index is 0.257. The number of hydrogen-bond donors (Lipinski definition) is 1. The lowest BCUT2D eigenvalue weighted by atomic mass is 9.70. The molecule has 0 fully saturated rings. The summed E-state index contributed by atoms with van der Waals surface area (Å²) in [5.41, 5.74) is 3.17. The van der Waals surface area contributed by atoms with E-state index in [9.17, 15) is 0 Å². The lowest BCUT2D eigenvalue weighted by molar-refractivity contribution is 0.206. The van der Waals surface area contributed by atoms with E-state index in [1.165, 1.54) is 24.0 Å². The van der Waals surface area contributed by atoms with Gasteiger partial charge in [-0.2, -0.15) is 0 Å². The topological polar surface area (TPSA) is 42.7 Å². The van der Waals surface area contributed by atoms with Gasteiger partial charge in [-0.15, -0.1) is 10.2 Å². The number of hydrogen-bond acceptors (Lipinski definition) is 3. The van der Waals surface area contributed by atoms with Crippen LogP contribution in [0.1, 0.15) is 43.3 Å². The average Bonchev–Trinajstić information content (AvgIpc) is 2.83. The Morgan fingerprint density at radius 3 is 2.90 bits per heavy atom. The molecule has 1 atom stereocenters. The Hall–Kier alpha value is -1.68. The molecule has 0 amide bonds. The molecule has 1 N–H and O–H groups in total. The Morgan fingerprint density at radius 2 is 2.15 bits per heavy atom. The number of nitrogens with one attached hydrogen (secondary N) is 1. The van der Waals surface area contributed by atoms with Crippen LogP contribution in [0.3, 0.4) is 0 Å². The summed E-state index contributed by atoms with van der Waals surface area (Å²) >= 11 is 0. The Balaban J connectivity index is 1.85. The Kier molecular flexibility index (Phi) is 3.34. The summed E-state index contributed by atoms with van der Waals surface area (Å²) in [6.45, 7) is 5.44. The first-order chi connectivity index (χ1) is 9.58. The Labute approximate surface area is 120 Å². The zero-order valence-corrected chi connectivity index (χ0v) is 12.4. The summed E-state index contributed by atoms with van der Waals surface area (Å²) in [6.07, 6.45) is 4.13. The zero-order chi connectivity index (χ0) is 14.2. The molecule has 1 aromatic heterocycles. The van der Waals surface area contributed by atoms with Crippen molar-refractivity contribution >= 4 is 0 Å². The second kappa shape index (κ2) is 5.02. The predicted molar refractivity (Wildman–Crippen MR) is 79.1 cm³/mol. The highest BCUT2D eigenvalue weighted by Crippen LogP contribution is 2.43. The van der Waals surface area contributed by atoms with Gasteiger partial charge >= 0.3 is 0 Å². The molecule has 0 spiro atoms. The van der Waals surface area contributed by atoms with E-state index in [0.717, 1.165) is 12.4 Å². The van der Waals surface area contributed by atoms with Gasteiger partial charge in [-0.3, -0.25) is 0 Å². The molecule has 2 aromatic rings. The van der Waals surface area contributed by atoms with E-state index in [-0.39, 0.29) is 5.41 Å². The van der Waals surface area contributed by atoms with Gasteiger partial charge in [-0.1, -0.05) is 38.1 Å². The number of nitrogens with zero attached hydrogens (tertiary/aromatic N) is 3. The van der Waals surface area contributed by atoms with Crippen LogP contribution in [0, 0.1) is 5.41 Å². The number of rotatable bonds is 3. The zero-order valence-electron chi connectivity index (χ0n) is 12.4. The minimum absolute atomic E-state index is 0.257. The van der Waals surface area contributed by atoms with Crippen LogP contribution in [0.4, 0.5) is 0 Å². The molecule has 0 bridgehead atoms. The van der Waals surface area contributed by atoms with Crippen molar-refractivity contribution in [1.29, 1.82) is 0 Å². The molecule has 1 unspecified atom stereocenters. The number of aryl methyl sites for hydroxylation is 2. The maximum absolute atomic E-state index is 4.15. The lowest BCUT2D eigenvalue weighted by Crippen LogP contribution is -2.38. The van der Waals surface area contributed by atoms with E-state index < -0.39 is 0 Å². The van der Waals surface area contributed by atoms with Gasteiger partial charge in [0.1, 0.15) is 12.2 Å². The fourth-order valence-electron chi connectivity index (χ4n) is 3.11. The minimum Gasteiger partial charge on any atom is -0.320 e. The van der Waals surface area contributed by atoms with Crippen LogP contribution in [0.5, 0.6) is 0 Å². The Morgan fingerprint density at radius 1 is 1.35 bits per heavy atom. The van der Waals surface area contributed by atoms with Crippen molar-refractivity contribution in [2.75, 3.05) is 0 Å². The van der Waals surface area contributed by atoms with E-state index >= 15 is 0 Å². The highest BCUT2D eigenvalue weighted by atomic mass is 15.3. The van der Waals surface area contributed by atoms with Crippen LogP contribution in [-0.2, 0) is 20.0 Å². The smallest absolute Gasteiger partial charge is 0.146 e. The van der Waals surface area contributed by atoms with Crippen molar-refractivity contribution < 1.29 is 0 Å². The molecule has 0 saturated carbocycles. The summed E-state index contributed by atoms with van der Waals surface area (Å²) in [4.78, 5) is 0. The second-order valence-corrected chi connectivity index (χ2v) is 6.36. The fourth-order valence-corrected chi connectivity index (χ4v) is 3.11. The van der Waals surface area contributed by atoms with Crippen molar-refractivity contribution in [3.05, 3.63) is 47.5 Å². The van der Waals surface area contributed by atoms with Gasteiger partial charge in [0.2, 0.25) is 0 Å². The van der Waals surface area contributed by atoms with Crippen molar-refractivity contribution in [3.8, 4) is 0 Å². The van der Waals surface area contributed by atoms with Gasteiger partial charge in [0.05, 0.1) is 6.54 Å². The van der Waals surface area contributed by atoms with E-state index in [1.54, 1.807) is 6.33 Å². The van der Waals surface area contributed by atoms with Crippen molar-refractivity contribution in [3.63, 3.8) is 0 Å². The monoisotopic (exact) mass is 270 g/mol. The van der Waals surface area contributed by atoms with E-state index in [1.807, 2.05) is 11.6 Å². The molecule has 1 aliphatic rings. The fraction of sp³-hybridized carbons (Fsp3) is 0.500. The van der Waals surface area contributed by atoms with Crippen LogP contribution in [0.15, 0.2) is 30.6 Å². The molecule has 0 radical (unpaired) electrons. The molecule has 0 aliphatic heterocycles. The highest BCUT2D eigenvalue weighted by molar-refractivity contribution is 5.34. The van der Waals surface area contributed by atoms with Crippen LogP contribution in [0.2, 0.25) is 0 Å². The third-order valence-electron chi connectivity index (χ3n) is 4.46. The third-order valence-corrected chi connectivity index (χ3v) is 4.46. The van der Waals surface area contributed by atoms with Gasteiger partial charge in [0, 0.05) is 13.1 Å². The van der Waals surface area contributed by atoms with Crippen LogP contribution in [0.25, 0.3) is 0 Å². The van der Waals surface area contributed by atoms with E-state index in [4.69, 9.17) is 0 Å². The van der Waals surface area contributed by atoms with Gasteiger partial charge < -0.3 is 9.88 Å². The third kappa shape index (κ3) is 2.36. The van der Waals surface area contributed by atoms with Gasteiger partial charge in [-0.05, 0) is 29.4 Å². The quantitative estimate of drug-likeness (QED) is 0.932. The van der Waals surface area contributed by atoms with E-state index in [0.29, 0.717) is 6.04 Å². The Bertz CT molecular complexity index is 600. The molecular weight excluding hydrogens is 248 g/mol. The predicted octanol–water partition coefficient (Wildman–Crippen LogP) is 2.62. The number of aromatic nitrogens is 3. The summed E-state index contributed by atoms with van der Waals surface area (Å²) in [5.74, 6) is 0.976. The SMILES string of the molecule is Cn1cnnc1CNC1c2ccccc2CCC1(C)C. The molecule has 1 heterocycles. The maximum Gasteiger partial charge on any atom is 0.146 e. The van der Waals surface area contributed by atoms with Crippen LogP contribution >= 0.6 is 0 Å². The van der Waals surface area contributed by atoms with E-state index in [2.05, 4.69) is 53.6 Å². The molecule has 4 nitrogen and oxygen atoms in total. The first kappa shape index (κ1) is 13.3. The highest BCUT2D eigenvalue weighted by Gasteiger charge is 2.35. The molecular formula is C16H22N4. The normalized spacial score (nSPS) is 20.6. The van der Waals surface area contributed by atoms with Crippen molar-refractivity contribution in [2.45, 2.75) is 39.3 Å². The first-order valence-electron chi connectivity index (χ1n) is 7.22. The van der Waals surface area contributed by atoms with Crippen LogP contribution < -0.4 is 5.32 Å². The maximum atomic E-state index is 4.15. The molecule has 0 saturated heterocycles. The standard InChI is InChI=1S/C16H22N4/c1-16(2)9-8-12-6-4-5-7-13(12)15(16)17-10-14-19-18-11-20(14)3/h4-7,11,15,17H,8-10H2,1-3H3. The summed E-state index contributed by atoms with van der Waals surface area (Å²) in [5, 5.41) is 11.8. The number of fused-ring (bicyclic) bond motifs is 1. The van der Waals surface area contributed by atoms with Crippen molar-refractivity contribution in [1.82, 2.24) is 20.1 Å². The molecule has 3 rings (SSSR count). The average molecular weight is 270 g/mol. The molecule has 1 aromatic carbocycles. The molecule has 20 heavy (non-hydrogen) atoms. The second-order valence-electron chi connectivity index (χ2n) is 6.36. The largest absolute Gasteiger partial charge is 0.320 e. The molecule has 4 heteroatoms. The first-order valence-corrected chi connectivity index (χ1v) is 7.22. The van der Waals surface area contributed by atoms with Crippen LogP contribution in [-0.4, -0.2) is 14.8 Å².